The van der Waals surface area contributed by atoms with Crippen LogP contribution in [0.15, 0.2) is 12.3 Å². The summed E-state index contributed by atoms with van der Waals surface area (Å²) in [4.78, 5) is 0. The van der Waals surface area contributed by atoms with E-state index in [-0.39, 0.29) is 29.6 Å². The summed E-state index contributed by atoms with van der Waals surface area (Å²) >= 11 is 0. The molecule has 1 aliphatic heterocycles. The first kappa shape index (κ1) is 7.54. The standard InChI is InChI=1S/C5H9N.Na.H/c1-2-4-6-5-3-1;;/h2,4,6H,1,3,5H2;;. The van der Waals surface area contributed by atoms with E-state index in [1.54, 1.807) is 0 Å². The average Bonchev–Trinajstić information content (AvgIpc) is 1.72. The average molecular weight is 107 g/mol. The molecule has 0 radical (unpaired) electrons. The van der Waals surface area contributed by atoms with E-state index < -0.39 is 0 Å². The van der Waals surface area contributed by atoms with Crippen LogP contribution in [-0.2, 0) is 0 Å². The monoisotopic (exact) mass is 107 g/mol. The Labute approximate surface area is 66.5 Å². The zero-order chi connectivity index (χ0) is 4.24. The van der Waals surface area contributed by atoms with Crippen LogP contribution in [0.1, 0.15) is 12.8 Å². The first-order chi connectivity index (χ1) is 3.00. The second-order valence-corrected chi connectivity index (χ2v) is 1.50. The van der Waals surface area contributed by atoms with Crippen molar-refractivity contribution >= 4 is 29.6 Å². The van der Waals surface area contributed by atoms with Gasteiger partial charge in [-0.3, -0.25) is 0 Å². The van der Waals surface area contributed by atoms with Gasteiger partial charge in [0, 0.05) is 6.54 Å². The van der Waals surface area contributed by atoms with E-state index in [9.17, 15) is 0 Å². The Bertz CT molecular complexity index is 53.1. The fourth-order valence-electron chi connectivity index (χ4n) is 0.572. The van der Waals surface area contributed by atoms with Gasteiger partial charge in [0.2, 0.25) is 0 Å². The van der Waals surface area contributed by atoms with Gasteiger partial charge >= 0.3 is 29.6 Å². The van der Waals surface area contributed by atoms with Gasteiger partial charge in [-0.1, -0.05) is 6.08 Å². The fraction of sp³-hybridized carbons (Fsp3) is 0.600. The second kappa shape index (κ2) is 4.69. The van der Waals surface area contributed by atoms with Crippen LogP contribution in [0.5, 0.6) is 0 Å². The van der Waals surface area contributed by atoms with Crippen molar-refractivity contribution in [2.45, 2.75) is 12.8 Å². The Kier molecular flexibility index (Phi) is 5.05. The van der Waals surface area contributed by atoms with Crippen molar-refractivity contribution in [3.8, 4) is 0 Å². The molecule has 0 saturated heterocycles. The Morgan fingerprint density at radius 3 is 2.43 bits per heavy atom. The van der Waals surface area contributed by atoms with E-state index in [1.165, 1.54) is 12.8 Å². The molecule has 1 aliphatic rings. The molecular formula is C5H10NNa. The van der Waals surface area contributed by atoms with E-state index in [4.69, 9.17) is 0 Å². The Hall–Kier alpha value is 0.540. The van der Waals surface area contributed by atoms with Crippen molar-refractivity contribution in [3.05, 3.63) is 12.3 Å². The van der Waals surface area contributed by atoms with Gasteiger partial charge < -0.3 is 5.32 Å². The van der Waals surface area contributed by atoms with Crippen molar-refractivity contribution in [2.24, 2.45) is 0 Å². The van der Waals surface area contributed by atoms with Gasteiger partial charge in [0.15, 0.2) is 0 Å². The van der Waals surface area contributed by atoms with Crippen LogP contribution in [0.3, 0.4) is 0 Å². The molecule has 2 heteroatoms. The third-order valence-electron chi connectivity index (χ3n) is 0.928. The molecule has 0 saturated carbocycles. The predicted octanol–water partition coefficient (Wildman–Crippen LogP) is 0.235. The van der Waals surface area contributed by atoms with Gasteiger partial charge in [-0.2, -0.15) is 0 Å². The molecule has 0 aliphatic carbocycles. The number of hydrogen-bond acceptors (Lipinski definition) is 1. The zero-order valence-corrected chi connectivity index (χ0v) is 3.78. The molecule has 0 bridgehead atoms. The van der Waals surface area contributed by atoms with Crippen LogP contribution in [0.25, 0.3) is 0 Å². The maximum atomic E-state index is 3.10. The zero-order valence-electron chi connectivity index (χ0n) is 3.78. The molecule has 1 nitrogen and oxygen atoms in total. The minimum atomic E-state index is 0. The summed E-state index contributed by atoms with van der Waals surface area (Å²) in [5.74, 6) is 0. The van der Waals surface area contributed by atoms with Crippen molar-refractivity contribution in [2.75, 3.05) is 6.54 Å². The molecule has 0 amide bonds. The number of hydrogen-bond donors (Lipinski definition) is 1. The van der Waals surface area contributed by atoms with Crippen LogP contribution < -0.4 is 5.32 Å². The van der Waals surface area contributed by atoms with Crippen molar-refractivity contribution < 1.29 is 0 Å². The van der Waals surface area contributed by atoms with E-state index in [1.807, 2.05) is 6.20 Å². The molecule has 0 atom stereocenters. The van der Waals surface area contributed by atoms with E-state index in [0.29, 0.717) is 0 Å². The summed E-state index contributed by atoms with van der Waals surface area (Å²) in [6, 6.07) is 0. The maximum absolute atomic E-state index is 3.10. The molecule has 0 aromatic heterocycles. The van der Waals surface area contributed by atoms with Gasteiger partial charge in [-0.05, 0) is 19.0 Å². The summed E-state index contributed by atoms with van der Waals surface area (Å²) in [5.41, 5.74) is 0. The number of rotatable bonds is 0. The van der Waals surface area contributed by atoms with E-state index in [2.05, 4.69) is 11.4 Å². The molecule has 0 fully saturated rings. The molecule has 0 spiro atoms. The molecular weight excluding hydrogens is 97.1 g/mol. The molecule has 7 heavy (non-hydrogen) atoms. The van der Waals surface area contributed by atoms with Gasteiger partial charge in [0.25, 0.3) is 0 Å². The summed E-state index contributed by atoms with van der Waals surface area (Å²) in [7, 11) is 0. The van der Waals surface area contributed by atoms with Gasteiger partial charge in [-0.15, -0.1) is 0 Å². The van der Waals surface area contributed by atoms with Crippen LogP contribution in [-0.4, -0.2) is 36.1 Å². The summed E-state index contributed by atoms with van der Waals surface area (Å²) < 4.78 is 0. The minimum absolute atomic E-state index is 0. The number of nitrogens with one attached hydrogen (secondary N) is 1. The predicted molar refractivity (Wildman–Crippen MR) is 33.5 cm³/mol. The summed E-state index contributed by atoms with van der Waals surface area (Å²) in [6.07, 6.45) is 6.73. The molecule has 1 heterocycles. The molecule has 0 unspecified atom stereocenters. The first-order valence-corrected chi connectivity index (χ1v) is 2.38. The Balaban J connectivity index is 0.000000360. The van der Waals surface area contributed by atoms with Gasteiger partial charge in [0.05, 0.1) is 0 Å². The summed E-state index contributed by atoms with van der Waals surface area (Å²) in [5, 5.41) is 3.10. The fourth-order valence-corrected chi connectivity index (χ4v) is 0.572. The number of allylic oxidation sites excluding steroid dienone is 1. The Morgan fingerprint density at radius 1 is 1.43 bits per heavy atom. The van der Waals surface area contributed by atoms with Crippen LogP contribution in [0, 0.1) is 0 Å². The first-order valence-electron chi connectivity index (χ1n) is 2.38. The second-order valence-electron chi connectivity index (χ2n) is 1.50. The quantitative estimate of drug-likeness (QED) is 0.437. The molecule has 36 valence electrons. The Morgan fingerprint density at radius 2 is 2.29 bits per heavy atom. The molecule has 0 aromatic rings. The molecule has 0 aromatic carbocycles. The van der Waals surface area contributed by atoms with Crippen molar-refractivity contribution in [1.29, 1.82) is 0 Å². The van der Waals surface area contributed by atoms with Crippen LogP contribution in [0.4, 0.5) is 0 Å². The topological polar surface area (TPSA) is 12.0 Å². The van der Waals surface area contributed by atoms with Crippen molar-refractivity contribution in [1.82, 2.24) is 5.32 Å². The SMILES string of the molecule is C1=CNCCC1.[NaH]. The van der Waals surface area contributed by atoms with Crippen molar-refractivity contribution in [3.63, 3.8) is 0 Å². The third-order valence-corrected chi connectivity index (χ3v) is 0.928. The molecule has 1 N–H and O–H groups in total. The van der Waals surface area contributed by atoms with E-state index in [0.717, 1.165) is 6.54 Å². The van der Waals surface area contributed by atoms with Crippen LogP contribution >= 0.6 is 0 Å². The normalized spacial score (nSPS) is 17.1. The molecule has 1 rings (SSSR count). The van der Waals surface area contributed by atoms with Gasteiger partial charge in [-0.25, -0.2) is 0 Å². The van der Waals surface area contributed by atoms with E-state index >= 15 is 0 Å². The van der Waals surface area contributed by atoms with Crippen LogP contribution in [0.2, 0.25) is 0 Å². The third kappa shape index (κ3) is 3.15. The van der Waals surface area contributed by atoms with Gasteiger partial charge in [0.1, 0.15) is 0 Å². The summed E-state index contributed by atoms with van der Waals surface area (Å²) in [6.45, 7) is 1.16.